The van der Waals surface area contributed by atoms with Crippen LogP contribution in [0.5, 0.6) is 0 Å². The standard InChI is InChI=1S/C39H32N2/c1-2-25-41(37-18-10-9-17-36(37)40)31-23-21-28(22-24-31)38-32-13-5-7-15-34(32)39(35-16-8-6-14-33(35)38)30-20-19-27-11-3-4-12-29(27)26-30/h3-24,26H,2,25,40H2,1H3. The first-order chi connectivity index (χ1) is 20.2. The van der Waals surface area contributed by atoms with Crippen LogP contribution in [0.25, 0.3) is 54.6 Å². The zero-order valence-electron chi connectivity index (χ0n) is 23.2. The van der Waals surface area contributed by atoms with Crippen LogP contribution in [0.2, 0.25) is 0 Å². The monoisotopic (exact) mass is 528 g/mol. The lowest BCUT2D eigenvalue weighted by atomic mass is 9.85. The van der Waals surface area contributed by atoms with Gasteiger partial charge in [0.15, 0.2) is 0 Å². The first kappa shape index (κ1) is 24.9. The Balaban J connectivity index is 1.42. The molecule has 0 saturated carbocycles. The highest BCUT2D eigenvalue weighted by molar-refractivity contribution is 6.21. The Morgan fingerprint density at radius 1 is 0.512 bits per heavy atom. The predicted molar refractivity (Wildman–Crippen MR) is 178 cm³/mol. The fourth-order valence-electron chi connectivity index (χ4n) is 6.25. The first-order valence-corrected chi connectivity index (χ1v) is 14.4. The number of nitrogen functional groups attached to an aromatic ring is 1. The predicted octanol–water partition coefficient (Wildman–Crippen LogP) is 10.6. The van der Waals surface area contributed by atoms with Crippen molar-refractivity contribution in [2.75, 3.05) is 17.2 Å². The van der Waals surface area contributed by atoms with Gasteiger partial charge in [-0.3, -0.25) is 0 Å². The van der Waals surface area contributed by atoms with E-state index in [1.54, 1.807) is 0 Å². The zero-order chi connectivity index (χ0) is 27.8. The first-order valence-electron chi connectivity index (χ1n) is 14.4. The maximum atomic E-state index is 6.39. The number of rotatable bonds is 6. The van der Waals surface area contributed by atoms with Crippen LogP contribution in [0.4, 0.5) is 17.1 Å². The van der Waals surface area contributed by atoms with Crippen LogP contribution in [-0.4, -0.2) is 6.54 Å². The fourth-order valence-corrected chi connectivity index (χ4v) is 6.25. The van der Waals surface area contributed by atoms with Crippen LogP contribution in [0.3, 0.4) is 0 Å². The maximum Gasteiger partial charge on any atom is 0.0644 e. The molecule has 0 aliphatic carbocycles. The number of nitrogens with two attached hydrogens (primary N) is 1. The minimum absolute atomic E-state index is 0.797. The van der Waals surface area contributed by atoms with Gasteiger partial charge in [0.1, 0.15) is 0 Å². The second kappa shape index (κ2) is 10.5. The van der Waals surface area contributed by atoms with Crippen molar-refractivity contribution < 1.29 is 0 Å². The largest absolute Gasteiger partial charge is 0.397 e. The molecule has 0 aromatic heterocycles. The summed E-state index contributed by atoms with van der Waals surface area (Å²) >= 11 is 0. The third-order valence-corrected chi connectivity index (χ3v) is 8.11. The molecule has 2 heteroatoms. The lowest BCUT2D eigenvalue weighted by Gasteiger charge is -2.26. The third kappa shape index (κ3) is 4.38. The summed E-state index contributed by atoms with van der Waals surface area (Å²) in [6.07, 6.45) is 1.03. The molecule has 7 aromatic carbocycles. The van der Waals surface area contributed by atoms with E-state index in [2.05, 4.69) is 139 Å². The third-order valence-electron chi connectivity index (χ3n) is 8.11. The Kier molecular flexibility index (Phi) is 6.37. The Labute approximate surface area is 241 Å². The normalized spacial score (nSPS) is 11.3. The summed E-state index contributed by atoms with van der Waals surface area (Å²) in [5, 5.41) is 7.58. The quantitative estimate of drug-likeness (QED) is 0.172. The van der Waals surface area contributed by atoms with Crippen LogP contribution in [0, 0.1) is 0 Å². The van der Waals surface area contributed by atoms with E-state index in [1.807, 2.05) is 12.1 Å². The SMILES string of the molecule is CCCN(c1ccc(-c2c3ccccc3c(-c3ccc4ccccc4c3)c3ccccc23)cc1)c1ccccc1N. The number of benzene rings is 7. The van der Waals surface area contributed by atoms with Gasteiger partial charge in [-0.1, -0.05) is 116 Å². The van der Waals surface area contributed by atoms with E-state index in [0.29, 0.717) is 0 Å². The molecule has 7 rings (SSSR count). The van der Waals surface area contributed by atoms with Crippen molar-refractivity contribution in [3.63, 3.8) is 0 Å². The van der Waals surface area contributed by atoms with Crippen LogP contribution in [0.15, 0.2) is 140 Å². The van der Waals surface area contributed by atoms with Gasteiger partial charge in [-0.05, 0) is 91.3 Å². The summed E-state index contributed by atoms with van der Waals surface area (Å²) in [6, 6.07) is 50.2. The number of hydrogen-bond donors (Lipinski definition) is 1. The molecule has 0 aliphatic rings. The summed E-state index contributed by atoms with van der Waals surface area (Å²) in [5.41, 5.74) is 14.4. The van der Waals surface area contributed by atoms with E-state index >= 15 is 0 Å². The summed E-state index contributed by atoms with van der Waals surface area (Å²) in [7, 11) is 0. The lowest BCUT2D eigenvalue weighted by Crippen LogP contribution is -2.19. The van der Waals surface area contributed by atoms with Gasteiger partial charge in [0.05, 0.1) is 11.4 Å². The molecule has 2 N–H and O–H groups in total. The molecule has 0 fully saturated rings. The van der Waals surface area contributed by atoms with Gasteiger partial charge in [0, 0.05) is 12.2 Å². The van der Waals surface area contributed by atoms with Crippen LogP contribution in [0.1, 0.15) is 13.3 Å². The lowest BCUT2D eigenvalue weighted by molar-refractivity contribution is 0.887. The van der Waals surface area contributed by atoms with E-state index in [4.69, 9.17) is 5.73 Å². The van der Waals surface area contributed by atoms with Gasteiger partial charge >= 0.3 is 0 Å². The number of anilines is 3. The van der Waals surface area contributed by atoms with Gasteiger partial charge < -0.3 is 10.6 Å². The van der Waals surface area contributed by atoms with E-state index in [0.717, 1.165) is 30.0 Å². The average Bonchev–Trinajstić information content (AvgIpc) is 3.03. The van der Waals surface area contributed by atoms with E-state index in [1.165, 1.54) is 54.6 Å². The van der Waals surface area contributed by atoms with E-state index in [9.17, 15) is 0 Å². The van der Waals surface area contributed by atoms with E-state index < -0.39 is 0 Å². The molecular formula is C39H32N2. The number of para-hydroxylation sites is 2. The molecule has 0 aliphatic heterocycles. The van der Waals surface area contributed by atoms with Gasteiger partial charge in [0.2, 0.25) is 0 Å². The highest BCUT2D eigenvalue weighted by Crippen LogP contribution is 2.44. The molecule has 41 heavy (non-hydrogen) atoms. The molecule has 0 spiro atoms. The molecule has 0 radical (unpaired) electrons. The Hall–Kier alpha value is -5.08. The molecular weight excluding hydrogens is 496 g/mol. The van der Waals surface area contributed by atoms with Gasteiger partial charge in [-0.25, -0.2) is 0 Å². The molecule has 0 heterocycles. The smallest absolute Gasteiger partial charge is 0.0644 e. The summed E-state index contributed by atoms with van der Waals surface area (Å²) in [6.45, 7) is 3.11. The minimum Gasteiger partial charge on any atom is -0.397 e. The van der Waals surface area contributed by atoms with Crippen molar-refractivity contribution in [2.24, 2.45) is 0 Å². The van der Waals surface area contributed by atoms with Crippen LogP contribution in [-0.2, 0) is 0 Å². The van der Waals surface area contributed by atoms with Gasteiger partial charge in [-0.15, -0.1) is 0 Å². The number of hydrogen-bond acceptors (Lipinski definition) is 2. The second-order valence-electron chi connectivity index (χ2n) is 10.7. The highest BCUT2D eigenvalue weighted by atomic mass is 15.1. The van der Waals surface area contributed by atoms with Crippen molar-refractivity contribution in [3.05, 3.63) is 140 Å². The number of nitrogens with zero attached hydrogens (tertiary/aromatic N) is 1. The molecule has 198 valence electrons. The van der Waals surface area contributed by atoms with Crippen molar-refractivity contribution in [1.29, 1.82) is 0 Å². The Morgan fingerprint density at radius 2 is 1.02 bits per heavy atom. The topological polar surface area (TPSA) is 29.3 Å². The average molecular weight is 529 g/mol. The Morgan fingerprint density at radius 3 is 1.63 bits per heavy atom. The van der Waals surface area contributed by atoms with Gasteiger partial charge in [0.25, 0.3) is 0 Å². The highest BCUT2D eigenvalue weighted by Gasteiger charge is 2.17. The van der Waals surface area contributed by atoms with Crippen molar-refractivity contribution in [3.8, 4) is 22.3 Å². The summed E-state index contributed by atoms with van der Waals surface area (Å²) in [4.78, 5) is 2.32. The molecule has 0 amide bonds. The minimum atomic E-state index is 0.797. The zero-order valence-corrected chi connectivity index (χ0v) is 23.2. The summed E-state index contributed by atoms with van der Waals surface area (Å²) < 4.78 is 0. The fraction of sp³-hybridized carbons (Fsp3) is 0.0769. The van der Waals surface area contributed by atoms with E-state index in [-0.39, 0.29) is 0 Å². The molecule has 7 aromatic rings. The van der Waals surface area contributed by atoms with Crippen LogP contribution < -0.4 is 10.6 Å². The number of fused-ring (bicyclic) bond motifs is 3. The molecule has 0 saturated heterocycles. The van der Waals surface area contributed by atoms with Crippen molar-refractivity contribution in [1.82, 2.24) is 0 Å². The van der Waals surface area contributed by atoms with Crippen LogP contribution >= 0.6 is 0 Å². The second-order valence-corrected chi connectivity index (χ2v) is 10.7. The maximum absolute atomic E-state index is 6.39. The molecule has 0 bridgehead atoms. The molecule has 2 nitrogen and oxygen atoms in total. The molecule has 0 unspecified atom stereocenters. The van der Waals surface area contributed by atoms with Crippen molar-refractivity contribution in [2.45, 2.75) is 13.3 Å². The van der Waals surface area contributed by atoms with Gasteiger partial charge in [-0.2, -0.15) is 0 Å². The Bertz CT molecular complexity index is 1960. The van der Waals surface area contributed by atoms with Crippen molar-refractivity contribution >= 4 is 49.4 Å². The summed E-state index contributed by atoms with van der Waals surface area (Å²) in [5.74, 6) is 0. The molecule has 0 atom stereocenters.